The topological polar surface area (TPSA) is 0 Å². The van der Waals surface area contributed by atoms with Crippen LogP contribution in [0.25, 0.3) is 22.3 Å². The zero-order chi connectivity index (χ0) is 33.2. The Bertz CT molecular complexity index is 1630. The Hall–Kier alpha value is -1.27. The maximum atomic E-state index is 2.75. The van der Waals surface area contributed by atoms with Crippen LogP contribution in [0.2, 0.25) is 0 Å². The first-order valence-electron chi connectivity index (χ1n) is 18.5. The van der Waals surface area contributed by atoms with Gasteiger partial charge in [0, 0.05) is 0 Å². The summed E-state index contributed by atoms with van der Waals surface area (Å²) in [6, 6.07) is 10.8. The molecule has 0 bridgehead atoms. The van der Waals surface area contributed by atoms with E-state index in [1.807, 2.05) is 6.49 Å². The SMILES string of the molecule is CCCC[C](CCCC)=[Zr+2]([C]1=CC(C(C)(C)C)=CC1)[CH]1c2cc3c(cc2-c2cc4c(cc21)C(C)(C)CC=C4C)C(C)=CCC3(C)C.[Cl-].[Cl-]. The van der Waals surface area contributed by atoms with Crippen molar-refractivity contribution in [3.63, 3.8) is 0 Å². The van der Waals surface area contributed by atoms with Crippen LogP contribution in [0.3, 0.4) is 0 Å². The fourth-order valence-electron chi connectivity index (χ4n) is 8.71. The smallest absolute Gasteiger partial charge is 1.00 e. The second-order valence-corrected chi connectivity index (χ2v) is 24.1. The standard InChI is InChI=1S/C27H29.C9H13.C9H18.2ClH.Zr/c1-16-7-9-26(3,4)24-12-18-11-19-13-25-21(17(2)8-10-27(25,5)6)15-23(19)22(18)14-20(16)24;1-9(2,3)8-6-4-5-7-8;1-3-5-7-9-8-6-4-2;;;/h7-8,11-15H,9-10H2,1-6H3;6-7H,4H2,1-3H3;3-8H2,1-2H3;2*1H;/q;;;;;+2/p-2. The van der Waals surface area contributed by atoms with Gasteiger partial charge in [0.25, 0.3) is 0 Å². The van der Waals surface area contributed by atoms with Gasteiger partial charge in [-0.15, -0.1) is 0 Å². The van der Waals surface area contributed by atoms with E-state index in [1.165, 1.54) is 67.2 Å². The molecule has 48 heavy (non-hydrogen) atoms. The van der Waals surface area contributed by atoms with Crippen molar-refractivity contribution in [1.29, 1.82) is 0 Å². The van der Waals surface area contributed by atoms with Crippen LogP contribution in [0, 0.1) is 5.41 Å². The second-order valence-electron chi connectivity index (χ2n) is 17.4. The third kappa shape index (κ3) is 7.11. The number of halogens is 2. The van der Waals surface area contributed by atoms with Crippen LogP contribution >= 0.6 is 0 Å². The van der Waals surface area contributed by atoms with Crippen LogP contribution in [0.4, 0.5) is 0 Å². The molecule has 258 valence electrons. The number of hydrogen-bond donors (Lipinski definition) is 0. The number of allylic oxidation sites excluding steroid dienone is 8. The first kappa shape index (κ1) is 39.5. The van der Waals surface area contributed by atoms with Crippen LogP contribution in [0.1, 0.15) is 171 Å². The maximum absolute atomic E-state index is 2.75. The summed E-state index contributed by atoms with van der Waals surface area (Å²) in [4.78, 5) is 0. The molecule has 4 aliphatic rings. The number of benzene rings is 2. The Balaban J connectivity index is 0.00000260. The Morgan fingerprint density at radius 3 is 1.56 bits per heavy atom. The van der Waals surface area contributed by atoms with E-state index in [1.54, 1.807) is 39.0 Å². The maximum Gasteiger partial charge on any atom is -1.00 e. The molecule has 0 aromatic heterocycles. The predicted octanol–water partition coefficient (Wildman–Crippen LogP) is 7.36. The average molecular weight is 763 g/mol. The van der Waals surface area contributed by atoms with Gasteiger partial charge in [0.15, 0.2) is 0 Å². The fraction of sp³-hybridized carbons (Fsp3) is 0.533. The molecule has 0 radical (unpaired) electrons. The summed E-state index contributed by atoms with van der Waals surface area (Å²) in [5, 5.41) is 0. The van der Waals surface area contributed by atoms with E-state index in [9.17, 15) is 0 Å². The molecule has 0 spiro atoms. The van der Waals surface area contributed by atoms with Crippen molar-refractivity contribution in [1.82, 2.24) is 0 Å². The molecule has 2 aromatic rings. The van der Waals surface area contributed by atoms with Gasteiger partial charge in [-0.2, -0.15) is 0 Å². The Morgan fingerprint density at radius 1 is 0.708 bits per heavy atom. The van der Waals surface area contributed by atoms with Crippen molar-refractivity contribution in [2.45, 2.75) is 148 Å². The van der Waals surface area contributed by atoms with Crippen molar-refractivity contribution < 1.29 is 46.1 Å². The van der Waals surface area contributed by atoms with Gasteiger partial charge >= 0.3 is 291 Å². The van der Waals surface area contributed by atoms with Crippen LogP contribution in [-0.2, 0) is 32.1 Å². The molecule has 2 aromatic carbocycles. The first-order valence-corrected chi connectivity index (χ1v) is 22.4. The van der Waals surface area contributed by atoms with Crippen LogP contribution in [-0.4, -0.2) is 3.21 Å². The van der Waals surface area contributed by atoms with Crippen LogP contribution in [0.15, 0.2) is 57.4 Å². The number of unbranched alkanes of at least 4 members (excludes halogenated alkanes) is 2. The third-order valence-electron chi connectivity index (χ3n) is 11.9. The summed E-state index contributed by atoms with van der Waals surface area (Å²) in [5.41, 5.74) is 17.7. The van der Waals surface area contributed by atoms with E-state index in [0.717, 1.165) is 12.8 Å². The molecule has 0 unspecified atom stereocenters. The molecule has 6 rings (SSSR count). The van der Waals surface area contributed by atoms with Gasteiger partial charge in [0.1, 0.15) is 0 Å². The molecule has 0 aliphatic heterocycles. The fourth-order valence-corrected chi connectivity index (χ4v) is 18.2. The van der Waals surface area contributed by atoms with Gasteiger partial charge in [-0.25, -0.2) is 0 Å². The molecule has 4 aliphatic carbocycles. The van der Waals surface area contributed by atoms with Gasteiger partial charge in [-0.1, -0.05) is 0 Å². The van der Waals surface area contributed by atoms with Crippen molar-refractivity contribution in [2.75, 3.05) is 0 Å². The summed E-state index contributed by atoms with van der Waals surface area (Å²) in [6.45, 7) is 26.6. The molecule has 0 atom stereocenters. The zero-order valence-electron chi connectivity index (χ0n) is 31.8. The van der Waals surface area contributed by atoms with Crippen molar-refractivity contribution in [3.8, 4) is 11.1 Å². The first-order chi connectivity index (χ1) is 21.7. The molecular weight excluding hydrogens is 703 g/mol. The molecule has 0 fully saturated rings. The minimum absolute atomic E-state index is 0. The number of fused-ring (bicyclic) bond motifs is 5. The largest absolute Gasteiger partial charge is 1.00 e. The van der Waals surface area contributed by atoms with E-state index in [0.29, 0.717) is 3.63 Å². The second kappa shape index (κ2) is 14.8. The molecule has 0 saturated heterocycles. The van der Waals surface area contributed by atoms with E-state index < -0.39 is 21.3 Å². The number of rotatable bonds is 8. The van der Waals surface area contributed by atoms with Crippen LogP contribution in [0.5, 0.6) is 0 Å². The molecule has 0 amide bonds. The minimum atomic E-state index is -2.45. The molecule has 3 heteroatoms. The van der Waals surface area contributed by atoms with Gasteiger partial charge in [-0.3, -0.25) is 0 Å². The van der Waals surface area contributed by atoms with E-state index >= 15 is 0 Å². The number of hydrogen-bond acceptors (Lipinski definition) is 0. The summed E-state index contributed by atoms with van der Waals surface area (Å²) in [6.07, 6.45) is 21.7. The molecule has 0 N–H and O–H groups in total. The monoisotopic (exact) mass is 760 g/mol. The summed E-state index contributed by atoms with van der Waals surface area (Å²) in [5.74, 6) is 0. The summed E-state index contributed by atoms with van der Waals surface area (Å²) in [7, 11) is 0. The summed E-state index contributed by atoms with van der Waals surface area (Å²) < 4.78 is 4.43. The van der Waals surface area contributed by atoms with Gasteiger partial charge < -0.3 is 24.8 Å². The van der Waals surface area contributed by atoms with Crippen molar-refractivity contribution >= 4 is 14.4 Å². The van der Waals surface area contributed by atoms with Crippen LogP contribution < -0.4 is 24.8 Å². The Kier molecular flexibility index (Phi) is 12.2. The van der Waals surface area contributed by atoms with Gasteiger partial charge in [-0.05, 0) is 0 Å². The van der Waals surface area contributed by atoms with Crippen molar-refractivity contribution in [3.05, 3.63) is 90.8 Å². The van der Waals surface area contributed by atoms with E-state index in [4.69, 9.17) is 0 Å². The molecule has 0 nitrogen and oxygen atoms in total. The van der Waals surface area contributed by atoms with Gasteiger partial charge in [0.05, 0.1) is 0 Å². The quantitative estimate of drug-likeness (QED) is 0.264. The van der Waals surface area contributed by atoms with Gasteiger partial charge in [0.2, 0.25) is 0 Å². The Labute approximate surface area is 314 Å². The third-order valence-corrected chi connectivity index (χ3v) is 20.5. The summed E-state index contributed by atoms with van der Waals surface area (Å²) >= 11 is -2.45. The normalized spacial score (nSPS) is 18.4. The molecule has 0 heterocycles. The predicted molar refractivity (Wildman–Crippen MR) is 201 cm³/mol. The average Bonchev–Trinajstić information content (AvgIpc) is 3.61. The van der Waals surface area contributed by atoms with E-state index in [2.05, 4.69) is 125 Å². The zero-order valence-corrected chi connectivity index (χ0v) is 35.8. The van der Waals surface area contributed by atoms with E-state index in [-0.39, 0.29) is 41.1 Å². The van der Waals surface area contributed by atoms with Crippen molar-refractivity contribution in [2.24, 2.45) is 5.41 Å². The molecular formula is C45H60Cl2Zr. The Morgan fingerprint density at radius 2 is 1.17 bits per heavy atom. The molecule has 0 saturated carbocycles. The minimum Gasteiger partial charge on any atom is -1.00 e.